The lowest BCUT2D eigenvalue weighted by Crippen LogP contribution is -2.24. The lowest BCUT2D eigenvalue weighted by atomic mass is 10.2. The molecule has 0 radical (unpaired) electrons. The Morgan fingerprint density at radius 1 is 1.33 bits per heavy atom. The monoisotopic (exact) mass is 208 g/mol. The third-order valence-corrected chi connectivity index (χ3v) is 2.29. The van der Waals surface area contributed by atoms with Crippen LogP contribution in [0.4, 0.5) is 11.4 Å². The summed E-state index contributed by atoms with van der Waals surface area (Å²) in [6.07, 6.45) is 0.986. The van der Waals surface area contributed by atoms with Crippen molar-refractivity contribution in [3.05, 3.63) is 34.4 Å². The zero-order valence-corrected chi connectivity index (χ0v) is 9.14. The molecule has 0 amide bonds. The zero-order chi connectivity index (χ0) is 11.3. The Bertz CT molecular complexity index is 339. The fourth-order valence-electron chi connectivity index (χ4n) is 1.60. The van der Waals surface area contributed by atoms with Crippen LogP contribution in [0.15, 0.2) is 24.3 Å². The van der Waals surface area contributed by atoms with E-state index in [1.54, 1.807) is 18.2 Å². The second-order valence-electron chi connectivity index (χ2n) is 3.33. The van der Waals surface area contributed by atoms with Gasteiger partial charge < -0.3 is 4.90 Å². The van der Waals surface area contributed by atoms with Gasteiger partial charge in [0.2, 0.25) is 0 Å². The van der Waals surface area contributed by atoms with Gasteiger partial charge in [-0.1, -0.05) is 19.1 Å². The van der Waals surface area contributed by atoms with Crippen molar-refractivity contribution in [2.45, 2.75) is 20.3 Å². The lowest BCUT2D eigenvalue weighted by Gasteiger charge is -2.21. The fourth-order valence-corrected chi connectivity index (χ4v) is 1.60. The van der Waals surface area contributed by atoms with Crippen LogP contribution in [0.2, 0.25) is 0 Å². The van der Waals surface area contributed by atoms with Crippen LogP contribution in [0.5, 0.6) is 0 Å². The summed E-state index contributed by atoms with van der Waals surface area (Å²) in [4.78, 5) is 12.5. The zero-order valence-electron chi connectivity index (χ0n) is 9.14. The van der Waals surface area contributed by atoms with Gasteiger partial charge in [0.15, 0.2) is 0 Å². The van der Waals surface area contributed by atoms with Crippen LogP contribution in [0.25, 0.3) is 0 Å². The molecular formula is C11H16N2O2. The van der Waals surface area contributed by atoms with E-state index in [9.17, 15) is 10.1 Å². The maximum Gasteiger partial charge on any atom is 0.292 e. The van der Waals surface area contributed by atoms with Gasteiger partial charge in [-0.25, -0.2) is 0 Å². The van der Waals surface area contributed by atoms with Crippen LogP contribution in [-0.2, 0) is 0 Å². The molecule has 1 aromatic carbocycles. The molecule has 0 unspecified atom stereocenters. The van der Waals surface area contributed by atoms with Crippen molar-refractivity contribution in [1.82, 2.24) is 0 Å². The van der Waals surface area contributed by atoms with Crippen LogP contribution in [0.1, 0.15) is 20.3 Å². The predicted octanol–water partition coefficient (Wildman–Crippen LogP) is 2.83. The summed E-state index contributed by atoms with van der Waals surface area (Å²) in [6, 6.07) is 6.88. The van der Waals surface area contributed by atoms with E-state index >= 15 is 0 Å². The molecule has 0 spiro atoms. The van der Waals surface area contributed by atoms with Gasteiger partial charge in [-0.3, -0.25) is 10.1 Å². The molecule has 0 saturated carbocycles. The number of hydrogen-bond donors (Lipinski definition) is 0. The van der Waals surface area contributed by atoms with Crippen LogP contribution >= 0.6 is 0 Å². The Morgan fingerprint density at radius 2 is 2.00 bits per heavy atom. The molecule has 15 heavy (non-hydrogen) atoms. The molecule has 0 aliphatic heterocycles. The molecule has 4 heteroatoms. The van der Waals surface area contributed by atoms with Crippen molar-refractivity contribution >= 4 is 11.4 Å². The maximum absolute atomic E-state index is 10.8. The number of benzene rings is 1. The molecule has 4 nitrogen and oxygen atoms in total. The van der Waals surface area contributed by atoms with Crippen molar-refractivity contribution in [3.8, 4) is 0 Å². The van der Waals surface area contributed by atoms with Crippen LogP contribution in [0, 0.1) is 10.1 Å². The molecule has 0 fully saturated rings. The average molecular weight is 208 g/mol. The number of para-hydroxylation sites is 2. The second kappa shape index (κ2) is 5.34. The first-order valence-corrected chi connectivity index (χ1v) is 5.19. The third kappa shape index (κ3) is 2.68. The molecule has 0 atom stereocenters. The summed E-state index contributed by atoms with van der Waals surface area (Å²) in [5.74, 6) is 0. The maximum atomic E-state index is 10.8. The molecular weight excluding hydrogens is 192 g/mol. The van der Waals surface area contributed by atoms with Gasteiger partial charge in [0.05, 0.1) is 4.92 Å². The molecule has 0 aliphatic carbocycles. The first-order chi connectivity index (χ1) is 7.20. The van der Waals surface area contributed by atoms with E-state index in [2.05, 4.69) is 6.92 Å². The molecule has 0 aromatic heterocycles. The van der Waals surface area contributed by atoms with E-state index in [-0.39, 0.29) is 10.6 Å². The molecule has 0 saturated heterocycles. The summed E-state index contributed by atoms with van der Waals surface area (Å²) >= 11 is 0. The van der Waals surface area contributed by atoms with Crippen molar-refractivity contribution in [1.29, 1.82) is 0 Å². The quantitative estimate of drug-likeness (QED) is 0.552. The molecule has 0 bridgehead atoms. The van der Waals surface area contributed by atoms with Gasteiger partial charge in [0, 0.05) is 19.2 Å². The number of nitrogens with zero attached hydrogens (tertiary/aromatic N) is 2. The van der Waals surface area contributed by atoms with Crippen LogP contribution in [-0.4, -0.2) is 18.0 Å². The lowest BCUT2D eigenvalue weighted by molar-refractivity contribution is -0.384. The number of nitro groups is 1. The Morgan fingerprint density at radius 3 is 2.53 bits per heavy atom. The van der Waals surface area contributed by atoms with Gasteiger partial charge in [-0.05, 0) is 19.4 Å². The van der Waals surface area contributed by atoms with Gasteiger partial charge in [-0.2, -0.15) is 0 Å². The molecule has 82 valence electrons. The standard InChI is InChI=1S/C11H16N2O2/c1-3-9-12(4-2)10-7-5-6-8-11(10)13(14)15/h5-8H,3-4,9H2,1-2H3. The van der Waals surface area contributed by atoms with E-state index in [1.807, 2.05) is 17.9 Å². The molecule has 0 heterocycles. The van der Waals surface area contributed by atoms with Crippen molar-refractivity contribution in [2.24, 2.45) is 0 Å². The third-order valence-electron chi connectivity index (χ3n) is 2.29. The Labute approximate surface area is 89.7 Å². The predicted molar refractivity (Wildman–Crippen MR) is 61.3 cm³/mol. The first-order valence-electron chi connectivity index (χ1n) is 5.19. The van der Waals surface area contributed by atoms with E-state index in [1.165, 1.54) is 0 Å². The highest BCUT2D eigenvalue weighted by Crippen LogP contribution is 2.27. The van der Waals surface area contributed by atoms with Gasteiger partial charge in [0.25, 0.3) is 5.69 Å². The smallest absolute Gasteiger partial charge is 0.292 e. The van der Waals surface area contributed by atoms with Crippen LogP contribution in [0.3, 0.4) is 0 Å². The second-order valence-corrected chi connectivity index (χ2v) is 3.33. The van der Waals surface area contributed by atoms with E-state index in [0.29, 0.717) is 5.69 Å². The SMILES string of the molecule is CCCN(CC)c1ccccc1[N+](=O)[O-]. The number of nitro benzene ring substituents is 1. The van der Waals surface area contributed by atoms with Gasteiger partial charge in [0.1, 0.15) is 5.69 Å². The minimum absolute atomic E-state index is 0.188. The highest BCUT2D eigenvalue weighted by atomic mass is 16.6. The topological polar surface area (TPSA) is 46.4 Å². The van der Waals surface area contributed by atoms with Crippen LogP contribution < -0.4 is 4.90 Å². The van der Waals surface area contributed by atoms with Crippen molar-refractivity contribution in [3.63, 3.8) is 0 Å². The largest absolute Gasteiger partial charge is 0.366 e. The Balaban J connectivity index is 3.04. The average Bonchev–Trinajstić information content (AvgIpc) is 2.26. The van der Waals surface area contributed by atoms with E-state index in [4.69, 9.17) is 0 Å². The summed E-state index contributed by atoms with van der Waals surface area (Å²) in [5, 5.41) is 10.8. The summed E-state index contributed by atoms with van der Waals surface area (Å²) in [5.41, 5.74) is 0.902. The summed E-state index contributed by atoms with van der Waals surface area (Å²) in [7, 11) is 0. The van der Waals surface area contributed by atoms with Gasteiger partial charge in [-0.15, -0.1) is 0 Å². The first kappa shape index (κ1) is 11.5. The molecule has 1 rings (SSSR count). The van der Waals surface area contributed by atoms with E-state index in [0.717, 1.165) is 19.5 Å². The van der Waals surface area contributed by atoms with Crippen molar-refractivity contribution in [2.75, 3.05) is 18.0 Å². The number of anilines is 1. The summed E-state index contributed by atoms with van der Waals surface area (Å²) in [6.45, 7) is 5.71. The van der Waals surface area contributed by atoms with E-state index < -0.39 is 0 Å². The minimum atomic E-state index is -0.326. The Hall–Kier alpha value is -1.58. The molecule has 0 aliphatic rings. The normalized spacial score (nSPS) is 10.0. The van der Waals surface area contributed by atoms with Gasteiger partial charge >= 0.3 is 0 Å². The highest BCUT2D eigenvalue weighted by molar-refractivity contribution is 5.62. The van der Waals surface area contributed by atoms with Crippen molar-refractivity contribution < 1.29 is 4.92 Å². The Kier molecular flexibility index (Phi) is 4.09. The summed E-state index contributed by atoms with van der Waals surface area (Å²) < 4.78 is 0. The fraction of sp³-hybridized carbons (Fsp3) is 0.455. The number of rotatable bonds is 5. The number of hydrogen-bond acceptors (Lipinski definition) is 3. The minimum Gasteiger partial charge on any atom is -0.366 e. The molecule has 1 aromatic rings. The molecule has 0 N–H and O–H groups in total. The highest BCUT2D eigenvalue weighted by Gasteiger charge is 2.16.